The van der Waals surface area contributed by atoms with Gasteiger partial charge in [0, 0.05) is 18.8 Å². The first kappa shape index (κ1) is 18.5. The molecule has 1 saturated heterocycles. The van der Waals surface area contributed by atoms with Crippen LogP contribution in [-0.4, -0.2) is 41.0 Å². The lowest BCUT2D eigenvalue weighted by molar-refractivity contribution is -0.119. The topological polar surface area (TPSA) is 84.3 Å². The van der Waals surface area contributed by atoms with E-state index in [4.69, 9.17) is 0 Å². The lowest BCUT2D eigenvalue weighted by Gasteiger charge is -2.23. The highest BCUT2D eigenvalue weighted by atomic mass is 32.2. The third-order valence-electron chi connectivity index (χ3n) is 4.32. The van der Waals surface area contributed by atoms with Crippen LogP contribution in [0.1, 0.15) is 32.7 Å². The minimum Gasteiger partial charge on any atom is -0.322 e. The van der Waals surface area contributed by atoms with Gasteiger partial charge in [-0.25, -0.2) is 12.8 Å². The number of carbonyl (C=O) groups is 1. The Bertz CT molecular complexity index is 893. The van der Waals surface area contributed by atoms with E-state index in [0.29, 0.717) is 18.5 Å². The van der Waals surface area contributed by atoms with E-state index >= 15 is 0 Å². The molecule has 2 aromatic rings. The maximum absolute atomic E-state index is 13.1. The molecule has 1 fully saturated rings. The molecule has 0 saturated carbocycles. The first-order chi connectivity index (χ1) is 12.3. The second kappa shape index (κ2) is 7.16. The molecule has 7 nitrogen and oxygen atoms in total. The molecule has 0 bridgehead atoms. The standard InChI is InChI=1S/C17H21FN4O3S/c1-12(2)21-11-14(10-19-21)20-17(23)16-4-3-9-22(16)26(24,25)15-7-5-13(18)6-8-15/h5-8,10-12,16H,3-4,9H2,1-2H3,(H,20,23). The highest BCUT2D eigenvalue weighted by Crippen LogP contribution is 2.27. The van der Waals surface area contributed by atoms with Crippen LogP contribution in [0.3, 0.4) is 0 Å². The van der Waals surface area contributed by atoms with Gasteiger partial charge in [-0.3, -0.25) is 9.48 Å². The van der Waals surface area contributed by atoms with Gasteiger partial charge in [0.25, 0.3) is 0 Å². The number of carbonyl (C=O) groups excluding carboxylic acids is 1. The van der Waals surface area contributed by atoms with Crippen molar-refractivity contribution in [2.75, 3.05) is 11.9 Å². The number of amides is 1. The fourth-order valence-electron chi connectivity index (χ4n) is 2.94. The molecule has 1 aromatic carbocycles. The molecule has 1 atom stereocenters. The summed E-state index contributed by atoms with van der Waals surface area (Å²) in [6.45, 7) is 4.18. The molecule has 140 valence electrons. The third-order valence-corrected chi connectivity index (χ3v) is 6.25. The molecule has 1 aliphatic rings. The van der Waals surface area contributed by atoms with Crippen LogP contribution in [0.2, 0.25) is 0 Å². The monoisotopic (exact) mass is 380 g/mol. The maximum Gasteiger partial charge on any atom is 0.243 e. The molecule has 0 radical (unpaired) electrons. The summed E-state index contributed by atoms with van der Waals surface area (Å²) in [6, 6.07) is 3.97. The largest absolute Gasteiger partial charge is 0.322 e. The number of nitrogens with zero attached hydrogens (tertiary/aromatic N) is 3. The van der Waals surface area contributed by atoms with Gasteiger partial charge in [-0.15, -0.1) is 0 Å². The Balaban J connectivity index is 1.78. The molecule has 1 unspecified atom stereocenters. The average Bonchev–Trinajstić information content (AvgIpc) is 3.24. The van der Waals surface area contributed by atoms with Gasteiger partial charge in [-0.05, 0) is 51.0 Å². The van der Waals surface area contributed by atoms with Crippen molar-refractivity contribution in [2.24, 2.45) is 0 Å². The summed E-state index contributed by atoms with van der Waals surface area (Å²) in [5.41, 5.74) is 0.523. The van der Waals surface area contributed by atoms with E-state index in [2.05, 4.69) is 10.4 Å². The van der Waals surface area contributed by atoms with Crippen molar-refractivity contribution in [3.8, 4) is 0 Å². The second-order valence-electron chi connectivity index (χ2n) is 6.52. The number of halogens is 1. The molecule has 26 heavy (non-hydrogen) atoms. The van der Waals surface area contributed by atoms with Gasteiger partial charge in [0.1, 0.15) is 11.9 Å². The predicted molar refractivity (Wildman–Crippen MR) is 94.6 cm³/mol. The number of sulfonamides is 1. The van der Waals surface area contributed by atoms with Crippen molar-refractivity contribution in [3.63, 3.8) is 0 Å². The predicted octanol–water partition coefficient (Wildman–Crippen LogP) is 2.39. The Kier molecular flexibility index (Phi) is 5.10. The zero-order valence-corrected chi connectivity index (χ0v) is 15.4. The maximum atomic E-state index is 13.1. The molecule has 1 aliphatic heterocycles. The van der Waals surface area contributed by atoms with E-state index < -0.39 is 27.8 Å². The van der Waals surface area contributed by atoms with Crippen LogP contribution in [0.25, 0.3) is 0 Å². The molecular formula is C17H21FN4O3S. The molecule has 1 amide bonds. The summed E-state index contributed by atoms with van der Waals surface area (Å²) in [5.74, 6) is -0.904. The normalized spacial score (nSPS) is 18.4. The van der Waals surface area contributed by atoms with E-state index in [1.165, 1.54) is 22.6 Å². The van der Waals surface area contributed by atoms with Crippen LogP contribution in [0.5, 0.6) is 0 Å². The molecule has 2 heterocycles. The average molecular weight is 380 g/mol. The molecule has 0 aliphatic carbocycles. The van der Waals surface area contributed by atoms with E-state index in [9.17, 15) is 17.6 Å². The quantitative estimate of drug-likeness (QED) is 0.863. The zero-order chi connectivity index (χ0) is 18.9. The van der Waals surface area contributed by atoms with E-state index in [-0.39, 0.29) is 17.5 Å². The summed E-state index contributed by atoms with van der Waals surface area (Å²) in [4.78, 5) is 12.6. The fraction of sp³-hybridized carbons (Fsp3) is 0.412. The van der Waals surface area contributed by atoms with Crippen LogP contribution in [-0.2, 0) is 14.8 Å². The summed E-state index contributed by atoms with van der Waals surface area (Å²) < 4.78 is 41.6. The highest BCUT2D eigenvalue weighted by molar-refractivity contribution is 7.89. The molecule has 1 N–H and O–H groups in total. The Morgan fingerprint density at radius 2 is 2.00 bits per heavy atom. The number of rotatable bonds is 5. The number of hydrogen-bond acceptors (Lipinski definition) is 4. The molecule has 1 aromatic heterocycles. The minimum absolute atomic E-state index is 0.0220. The van der Waals surface area contributed by atoms with E-state index in [1.54, 1.807) is 10.9 Å². The summed E-state index contributed by atoms with van der Waals surface area (Å²) in [7, 11) is -3.87. The van der Waals surface area contributed by atoms with Crippen LogP contribution < -0.4 is 5.32 Å². The summed E-state index contributed by atoms with van der Waals surface area (Å²) in [6.07, 6.45) is 4.26. The fourth-order valence-corrected chi connectivity index (χ4v) is 4.60. The van der Waals surface area contributed by atoms with Gasteiger partial charge >= 0.3 is 0 Å². The highest BCUT2D eigenvalue weighted by Gasteiger charge is 2.39. The Labute approximate surface area is 151 Å². The van der Waals surface area contributed by atoms with Gasteiger partial charge < -0.3 is 5.32 Å². The third kappa shape index (κ3) is 3.63. The summed E-state index contributed by atoms with van der Waals surface area (Å²) in [5, 5.41) is 6.89. The lowest BCUT2D eigenvalue weighted by Crippen LogP contribution is -2.43. The van der Waals surface area contributed by atoms with Gasteiger partial charge in [-0.2, -0.15) is 9.40 Å². The van der Waals surface area contributed by atoms with Crippen molar-refractivity contribution in [2.45, 2.75) is 43.7 Å². The zero-order valence-electron chi connectivity index (χ0n) is 14.6. The second-order valence-corrected chi connectivity index (χ2v) is 8.41. The van der Waals surface area contributed by atoms with Crippen molar-refractivity contribution < 1.29 is 17.6 Å². The van der Waals surface area contributed by atoms with Crippen LogP contribution in [0.15, 0.2) is 41.6 Å². The number of aromatic nitrogens is 2. The number of nitrogens with one attached hydrogen (secondary N) is 1. The lowest BCUT2D eigenvalue weighted by atomic mass is 10.2. The molecular weight excluding hydrogens is 359 g/mol. The molecule has 0 spiro atoms. The van der Waals surface area contributed by atoms with Crippen LogP contribution >= 0.6 is 0 Å². The summed E-state index contributed by atoms with van der Waals surface area (Å²) >= 11 is 0. The first-order valence-electron chi connectivity index (χ1n) is 8.41. The molecule has 9 heteroatoms. The van der Waals surface area contributed by atoms with Crippen LogP contribution in [0, 0.1) is 5.82 Å². The van der Waals surface area contributed by atoms with E-state index in [0.717, 1.165) is 12.1 Å². The van der Waals surface area contributed by atoms with Crippen LogP contribution in [0.4, 0.5) is 10.1 Å². The Morgan fingerprint density at radius 1 is 1.31 bits per heavy atom. The van der Waals surface area contributed by atoms with Gasteiger partial charge in [0.15, 0.2) is 0 Å². The first-order valence-corrected chi connectivity index (χ1v) is 9.85. The SMILES string of the molecule is CC(C)n1cc(NC(=O)C2CCCN2S(=O)(=O)c2ccc(F)cc2)cn1. The number of benzene rings is 1. The van der Waals surface area contributed by atoms with Gasteiger partial charge in [0.05, 0.1) is 16.8 Å². The van der Waals surface area contributed by atoms with Crippen molar-refractivity contribution in [3.05, 3.63) is 42.5 Å². The minimum atomic E-state index is -3.87. The number of anilines is 1. The molecule has 3 rings (SSSR count). The van der Waals surface area contributed by atoms with Gasteiger partial charge in [-0.1, -0.05) is 0 Å². The Hall–Kier alpha value is -2.26. The van der Waals surface area contributed by atoms with E-state index in [1.807, 2.05) is 13.8 Å². The van der Waals surface area contributed by atoms with Crippen molar-refractivity contribution in [1.29, 1.82) is 0 Å². The van der Waals surface area contributed by atoms with Gasteiger partial charge in [0.2, 0.25) is 15.9 Å². The number of hydrogen-bond donors (Lipinski definition) is 1. The van der Waals surface area contributed by atoms with Crippen molar-refractivity contribution >= 4 is 21.6 Å². The Morgan fingerprint density at radius 3 is 2.62 bits per heavy atom. The van der Waals surface area contributed by atoms with Crippen molar-refractivity contribution in [1.82, 2.24) is 14.1 Å². The smallest absolute Gasteiger partial charge is 0.243 e.